The van der Waals surface area contributed by atoms with Crippen LogP contribution in [0.25, 0.3) is 0 Å². The van der Waals surface area contributed by atoms with Gasteiger partial charge in [0.2, 0.25) is 0 Å². The number of hydrogen-bond donors (Lipinski definition) is 2. The molecule has 1 rings (SSSR count). The minimum atomic E-state index is -2.16. The summed E-state index contributed by atoms with van der Waals surface area (Å²) in [5, 5.41) is 0. The fourth-order valence-corrected chi connectivity index (χ4v) is 2.13. The molecule has 0 aromatic rings. The first-order chi connectivity index (χ1) is 5.20. The van der Waals surface area contributed by atoms with Crippen LogP contribution in [0.4, 0.5) is 0 Å². The van der Waals surface area contributed by atoms with Gasteiger partial charge in [-0.25, -0.2) is 0 Å². The number of rotatable bonds is 3. The standard InChI is InChI=1S/C7H15O3P/c1-6(10-11(8)9)7-4-2-3-5-7/h6-9H,2-5H2,1H3/t6-/m0/s1. The largest absolute Gasteiger partial charge is 0.328 e. The van der Waals surface area contributed by atoms with Crippen molar-refractivity contribution in [1.29, 1.82) is 0 Å². The Morgan fingerprint density at radius 3 is 2.36 bits per heavy atom. The Morgan fingerprint density at radius 2 is 1.91 bits per heavy atom. The summed E-state index contributed by atoms with van der Waals surface area (Å²) in [6.07, 6.45) is 4.87. The van der Waals surface area contributed by atoms with E-state index in [9.17, 15) is 0 Å². The summed E-state index contributed by atoms with van der Waals surface area (Å²) in [7, 11) is -2.16. The van der Waals surface area contributed by atoms with E-state index in [1.54, 1.807) is 0 Å². The Morgan fingerprint density at radius 1 is 1.36 bits per heavy atom. The molecule has 0 aromatic heterocycles. The van der Waals surface area contributed by atoms with Crippen molar-refractivity contribution in [3.05, 3.63) is 0 Å². The summed E-state index contributed by atoms with van der Waals surface area (Å²) in [4.78, 5) is 17.2. The van der Waals surface area contributed by atoms with Crippen molar-refractivity contribution in [1.82, 2.24) is 0 Å². The van der Waals surface area contributed by atoms with Gasteiger partial charge in [-0.05, 0) is 25.7 Å². The molecule has 0 spiro atoms. The smallest absolute Gasteiger partial charge is 0.327 e. The van der Waals surface area contributed by atoms with Gasteiger partial charge < -0.3 is 14.3 Å². The van der Waals surface area contributed by atoms with Crippen LogP contribution in [0.5, 0.6) is 0 Å². The third kappa shape index (κ3) is 3.04. The molecule has 0 unspecified atom stereocenters. The van der Waals surface area contributed by atoms with Crippen molar-refractivity contribution in [2.24, 2.45) is 5.92 Å². The van der Waals surface area contributed by atoms with Gasteiger partial charge in [0.1, 0.15) is 0 Å². The zero-order valence-corrected chi connectivity index (χ0v) is 7.63. The molecule has 3 nitrogen and oxygen atoms in total. The molecule has 11 heavy (non-hydrogen) atoms. The molecule has 66 valence electrons. The minimum Gasteiger partial charge on any atom is -0.328 e. The van der Waals surface area contributed by atoms with E-state index in [0.717, 1.165) is 0 Å². The molecule has 1 saturated carbocycles. The molecule has 0 heterocycles. The van der Waals surface area contributed by atoms with Crippen molar-refractivity contribution in [3.63, 3.8) is 0 Å². The molecule has 0 aromatic carbocycles. The summed E-state index contributed by atoms with van der Waals surface area (Å²) in [6, 6.07) is 0. The second-order valence-electron chi connectivity index (χ2n) is 3.11. The second kappa shape index (κ2) is 4.36. The highest BCUT2D eigenvalue weighted by Crippen LogP contribution is 2.35. The van der Waals surface area contributed by atoms with Gasteiger partial charge in [0, 0.05) is 0 Å². The Balaban J connectivity index is 2.22. The Hall–Kier alpha value is 0.310. The van der Waals surface area contributed by atoms with Crippen LogP contribution in [0.3, 0.4) is 0 Å². The van der Waals surface area contributed by atoms with Gasteiger partial charge in [-0.1, -0.05) is 12.8 Å². The van der Waals surface area contributed by atoms with E-state index in [4.69, 9.17) is 14.3 Å². The van der Waals surface area contributed by atoms with Crippen LogP contribution in [0, 0.1) is 5.92 Å². The maximum absolute atomic E-state index is 8.58. The van der Waals surface area contributed by atoms with E-state index in [0.29, 0.717) is 5.92 Å². The van der Waals surface area contributed by atoms with Gasteiger partial charge in [-0.15, -0.1) is 0 Å². The van der Waals surface area contributed by atoms with Crippen LogP contribution in [0.15, 0.2) is 0 Å². The molecule has 1 aliphatic carbocycles. The van der Waals surface area contributed by atoms with Crippen molar-refractivity contribution in [2.75, 3.05) is 0 Å². The predicted molar refractivity (Wildman–Crippen MR) is 43.9 cm³/mol. The highest BCUT2D eigenvalue weighted by Gasteiger charge is 2.23. The maximum atomic E-state index is 8.58. The van der Waals surface area contributed by atoms with Crippen LogP contribution in [0.1, 0.15) is 32.6 Å². The van der Waals surface area contributed by atoms with Crippen LogP contribution in [0.2, 0.25) is 0 Å². The summed E-state index contributed by atoms with van der Waals surface area (Å²) in [5.74, 6) is 0.541. The zero-order chi connectivity index (χ0) is 8.27. The average molecular weight is 178 g/mol. The lowest BCUT2D eigenvalue weighted by Crippen LogP contribution is -2.15. The molecule has 0 saturated heterocycles. The lowest BCUT2D eigenvalue weighted by molar-refractivity contribution is 0.132. The maximum Gasteiger partial charge on any atom is 0.327 e. The summed E-state index contributed by atoms with van der Waals surface area (Å²) in [5.41, 5.74) is 0. The van der Waals surface area contributed by atoms with E-state index < -0.39 is 8.60 Å². The molecule has 4 heteroatoms. The number of hydrogen-bond acceptors (Lipinski definition) is 3. The minimum absolute atomic E-state index is 0.0126. The van der Waals surface area contributed by atoms with Gasteiger partial charge >= 0.3 is 8.60 Å². The predicted octanol–water partition coefficient (Wildman–Crippen LogP) is 1.79. The second-order valence-corrected chi connectivity index (χ2v) is 3.82. The average Bonchev–Trinajstić information content (AvgIpc) is 2.35. The van der Waals surface area contributed by atoms with Crippen molar-refractivity contribution in [2.45, 2.75) is 38.7 Å². The first-order valence-electron chi connectivity index (χ1n) is 4.05. The third-order valence-electron chi connectivity index (χ3n) is 2.32. The van der Waals surface area contributed by atoms with Gasteiger partial charge in [0.15, 0.2) is 0 Å². The highest BCUT2D eigenvalue weighted by atomic mass is 31.2. The van der Waals surface area contributed by atoms with Crippen LogP contribution in [-0.2, 0) is 4.52 Å². The van der Waals surface area contributed by atoms with Crippen LogP contribution < -0.4 is 0 Å². The van der Waals surface area contributed by atoms with Crippen molar-refractivity contribution >= 4 is 8.60 Å². The topological polar surface area (TPSA) is 49.7 Å². The van der Waals surface area contributed by atoms with Crippen molar-refractivity contribution < 1.29 is 14.3 Å². The molecule has 1 fully saturated rings. The van der Waals surface area contributed by atoms with E-state index in [1.165, 1.54) is 25.7 Å². The molecule has 1 atom stereocenters. The Kier molecular flexibility index (Phi) is 3.73. The van der Waals surface area contributed by atoms with Gasteiger partial charge in [0.25, 0.3) is 0 Å². The first-order valence-corrected chi connectivity index (χ1v) is 5.21. The van der Waals surface area contributed by atoms with Crippen molar-refractivity contribution in [3.8, 4) is 0 Å². The molecule has 2 N–H and O–H groups in total. The monoisotopic (exact) mass is 178 g/mol. The molecule has 0 aliphatic heterocycles. The van der Waals surface area contributed by atoms with E-state index in [-0.39, 0.29) is 6.10 Å². The van der Waals surface area contributed by atoms with E-state index >= 15 is 0 Å². The summed E-state index contributed by atoms with van der Waals surface area (Å²) >= 11 is 0. The fourth-order valence-electron chi connectivity index (χ4n) is 1.66. The fraction of sp³-hybridized carbons (Fsp3) is 1.00. The Bertz CT molecular complexity index is 112. The van der Waals surface area contributed by atoms with E-state index in [1.807, 2.05) is 6.92 Å². The highest BCUT2D eigenvalue weighted by molar-refractivity contribution is 7.39. The molecular formula is C7H15O3P. The molecular weight excluding hydrogens is 163 g/mol. The normalized spacial score (nSPS) is 22.9. The summed E-state index contributed by atoms with van der Waals surface area (Å²) in [6.45, 7) is 1.91. The van der Waals surface area contributed by atoms with Gasteiger partial charge in [0.05, 0.1) is 6.10 Å². The van der Waals surface area contributed by atoms with E-state index in [2.05, 4.69) is 0 Å². The van der Waals surface area contributed by atoms with Crippen LogP contribution >= 0.6 is 8.60 Å². The lowest BCUT2D eigenvalue weighted by atomic mass is 10.0. The molecule has 0 bridgehead atoms. The van der Waals surface area contributed by atoms with Crippen LogP contribution in [-0.4, -0.2) is 15.9 Å². The third-order valence-corrected chi connectivity index (χ3v) is 2.85. The van der Waals surface area contributed by atoms with Gasteiger partial charge in [-0.2, -0.15) is 0 Å². The zero-order valence-electron chi connectivity index (χ0n) is 6.73. The molecule has 1 aliphatic rings. The SMILES string of the molecule is C[C@H](OP(O)O)C1CCCC1. The Labute approximate surface area is 68.4 Å². The van der Waals surface area contributed by atoms with Gasteiger partial charge in [-0.3, -0.25) is 0 Å². The quantitative estimate of drug-likeness (QED) is 0.648. The summed E-state index contributed by atoms with van der Waals surface area (Å²) < 4.78 is 4.91. The molecule has 0 radical (unpaired) electrons. The molecule has 0 amide bonds. The lowest BCUT2D eigenvalue weighted by Gasteiger charge is -2.18. The first kappa shape index (κ1) is 9.40.